The number of benzene rings is 1. The molecule has 9 heteroatoms. The van der Waals surface area contributed by atoms with Crippen molar-refractivity contribution in [3.63, 3.8) is 0 Å². The minimum Gasteiger partial charge on any atom is -0.480 e. The highest BCUT2D eigenvalue weighted by molar-refractivity contribution is 5.85. The zero-order valence-electron chi connectivity index (χ0n) is 14.3. The quantitative estimate of drug-likeness (QED) is 0.681. The Bertz CT molecular complexity index is 643. The van der Waals surface area contributed by atoms with Crippen LogP contribution < -0.4 is 5.32 Å². The highest BCUT2D eigenvalue weighted by Crippen LogP contribution is 2.29. The molecule has 0 aliphatic heterocycles. The molecule has 26 heavy (non-hydrogen) atoms. The van der Waals surface area contributed by atoms with Gasteiger partial charge in [-0.2, -0.15) is 13.2 Å². The van der Waals surface area contributed by atoms with E-state index in [2.05, 4.69) is 5.32 Å². The Kier molecular flexibility index (Phi) is 7.60. The second-order valence-corrected chi connectivity index (χ2v) is 5.72. The van der Waals surface area contributed by atoms with Crippen molar-refractivity contribution in [2.24, 2.45) is 5.92 Å². The van der Waals surface area contributed by atoms with E-state index in [0.29, 0.717) is 5.56 Å². The lowest BCUT2D eigenvalue weighted by atomic mass is 10.0. The Hall–Kier alpha value is -2.58. The van der Waals surface area contributed by atoms with Crippen LogP contribution in [0.3, 0.4) is 0 Å². The van der Waals surface area contributed by atoms with Crippen molar-refractivity contribution >= 4 is 17.8 Å². The number of aliphatic carboxylic acids is 1. The summed E-state index contributed by atoms with van der Waals surface area (Å²) in [5, 5.41) is 11.5. The summed E-state index contributed by atoms with van der Waals surface area (Å²) in [7, 11) is 0. The lowest BCUT2D eigenvalue weighted by molar-refractivity contribution is -0.149. The van der Waals surface area contributed by atoms with Gasteiger partial charge in [-0.15, -0.1) is 0 Å². The molecule has 0 saturated heterocycles. The van der Waals surface area contributed by atoms with E-state index < -0.39 is 41.5 Å². The van der Waals surface area contributed by atoms with Gasteiger partial charge in [-0.1, -0.05) is 19.1 Å². The number of rotatable bonds is 8. The number of hydrogen-bond acceptors (Lipinski definition) is 4. The number of carbonyl (C=O) groups is 3. The molecule has 0 fully saturated rings. The maximum Gasteiger partial charge on any atom is 0.416 e. The fourth-order valence-corrected chi connectivity index (χ4v) is 2.20. The van der Waals surface area contributed by atoms with Crippen LogP contribution in [0.15, 0.2) is 24.3 Å². The second kappa shape index (κ2) is 9.21. The summed E-state index contributed by atoms with van der Waals surface area (Å²) in [6.45, 7) is 3.25. The van der Waals surface area contributed by atoms with Crippen molar-refractivity contribution in [2.45, 2.75) is 38.9 Å². The standard InChI is InChI=1S/C17H20F3NO5/c1-3-26-16(25)10(2)8-13(15(23)24)21-14(22)9-11-4-6-12(7-5-11)17(18,19)20/h4-7,10,13H,3,8-9H2,1-2H3,(H,21,22)(H,23,24)/t10-,13+/m0/s1. The number of nitrogens with one attached hydrogen (secondary N) is 1. The fourth-order valence-electron chi connectivity index (χ4n) is 2.20. The third-order valence-corrected chi connectivity index (χ3v) is 3.56. The minimum absolute atomic E-state index is 0.154. The van der Waals surface area contributed by atoms with Gasteiger partial charge in [0, 0.05) is 0 Å². The van der Waals surface area contributed by atoms with Gasteiger partial charge in [0.2, 0.25) is 5.91 Å². The zero-order valence-corrected chi connectivity index (χ0v) is 14.3. The Morgan fingerprint density at radius 1 is 1.19 bits per heavy atom. The van der Waals surface area contributed by atoms with E-state index in [1.807, 2.05) is 0 Å². The zero-order chi connectivity index (χ0) is 19.9. The second-order valence-electron chi connectivity index (χ2n) is 5.72. The van der Waals surface area contributed by atoms with Gasteiger partial charge in [-0.25, -0.2) is 4.79 Å². The Morgan fingerprint density at radius 2 is 1.77 bits per heavy atom. The lowest BCUT2D eigenvalue weighted by Gasteiger charge is -2.18. The summed E-state index contributed by atoms with van der Waals surface area (Å²) < 4.78 is 42.3. The highest BCUT2D eigenvalue weighted by Gasteiger charge is 2.30. The number of esters is 1. The monoisotopic (exact) mass is 375 g/mol. The third kappa shape index (κ3) is 6.73. The maximum atomic E-state index is 12.5. The summed E-state index contributed by atoms with van der Waals surface area (Å²) in [6, 6.07) is 2.69. The normalized spacial score (nSPS) is 13.6. The molecule has 2 N–H and O–H groups in total. The van der Waals surface area contributed by atoms with Gasteiger partial charge in [0.1, 0.15) is 6.04 Å². The number of carbonyl (C=O) groups excluding carboxylic acids is 2. The number of halogens is 3. The molecular weight excluding hydrogens is 355 g/mol. The number of amides is 1. The molecule has 0 unspecified atom stereocenters. The molecule has 0 bridgehead atoms. The van der Waals surface area contributed by atoms with Crippen LogP contribution >= 0.6 is 0 Å². The predicted octanol–water partition coefficient (Wildman–Crippen LogP) is 2.41. The largest absolute Gasteiger partial charge is 0.480 e. The van der Waals surface area contributed by atoms with Gasteiger partial charge < -0.3 is 15.2 Å². The first kappa shape index (κ1) is 21.5. The topological polar surface area (TPSA) is 92.7 Å². The molecule has 1 amide bonds. The van der Waals surface area contributed by atoms with Crippen molar-refractivity contribution in [1.29, 1.82) is 0 Å². The van der Waals surface area contributed by atoms with E-state index in [-0.39, 0.29) is 19.4 Å². The molecule has 0 aliphatic rings. The van der Waals surface area contributed by atoms with Gasteiger partial charge in [0.05, 0.1) is 24.5 Å². The molecule has 1 rings (SSSR count). The number of ether oxygens (including phenoxy) is 1. The number of carboxylic acids is 1. The molecule has 2 atom stereocenters. The Morgan fingerprint density at radius 3 is 2.23 bits per heavy atom. The average Bonchev–Trinajstić information content (AvgIpc) is 2.53. The first-order valence-corrected chi connectivity index (χ1v) is 7.89. The number of carboxylic acid groups (broad SMARTS) is 1. The smallest absolute Gasteiger partial charge is 0.416 e. The van der Waals surface area contributed by atoms with Crippen LogP contribution in [0, 0.1) is 5.92 Å². The fraction of sp³-hybridized carbons (Fsp3) is 0.471. The van der Waals surface area contributed by atoms with Crippen LogP contribution in [0.2, 0.25) is 0 Å². The maximum absolute atomic E-state index is 12.5. The van der Waals surface area contributed by atoms with Crippen molar-refractivity contribution in [1.82, 2.24) is 5.32 Å². The van der Waals surface area contributed by atoms with Crippen LogP contribution in [0.4, 0.5) is 13.2 Å². The van der Waals surface area contributed by atoms with E-state index in [1.165, 1.54) is 6.92 Å². The van der Waals surface area contributed by atoms with Gasteiger partial charge in [-0.05, 0) is 31.0 Å². The molecule has 6 nitrogen and oxygen atoms in total. The van der Waals surface area contributed by atoms with E-state index in [1.54, 1.807) is 6.92 Å². The molecule has 0 aliphatic carbocycles. The van der Waals surface area contributed by atoms with E-state index >= 15 is 0 Å². The van der Waals surface area contributed by atoms with Crippen LogP contribution in [0.25, 0.3) is 0 Å². The van der Waals surface area contributed by atoms with Crippen molar-refractivity contribution in [3.05, 3.63) is 35.4 Å². The lowest BCUT2D eigenvalue weighted by Crippen LogP contribution is -2.43. The van der Waals surface area contributed by atoms with Crippen molar-refractivity contribution in [2.75, 3.05) is 6.61 Å². The molecule has 1 aromatic rings. The Balaban J connectivity index is 2.67. The molecule has 0 spiro atoms. The van der Waals surface area contributed by atoms with E-state index in [0.717, 1.165) is 24.3 Å². The molecule has 144 valence electrons. The first-order chi connectivity index (χ1) is 12.0. The molecular formula is C17H20F3NO5. The summed E-state index contributed by atoms with van der Waals surface area (Å²) in [5.41, 5.74) is -0.536. The SMILES string of the molecule is CCOC(=O)[C@@H](C)C[C@@H](NC(=O)Cc1ccc(C(F)(F)F)cc1)C(=O)O. The molecule has 0 heterocycles. The van der Waals surface area contributed by atoms with Gasteiger partial charge in [-0.3, -0.25) is 9.59 Å². The van der Waals surface area contributed by atoms with Crippen LogP contribution in [0.5, 0.6) is 0 Å². The molecule has 0 radical (unpaired) electrons. The van der Waals surface area contributed by atoms with Crippen molar-refractivity contribution < 1.29 is 37.4 Å². The van der Waals surface area contributed by atoms with Crippen LogP contribution in [-0.2, 0) is 31.7 Å². The Labute approximate surface area is 148 Å². The van der Waals surface area contributed by atoms with E-state index in [9.17, 15) is 32.7 Å². The summed E-state index contributed by atoms with van der Waals surface area (Å²) in [5.74, 6) is -3.30. The molecule has 1 aromatic carbocycles. The molecule has 0 saturated carbocycles. The summed E-state index contributed by atoms with van der Waals surface area (Å²) in [6.07, 6.45) is -4.92. The first-order valence-electron chi connectivity index (χ1n) is 7.89. The minimum atomic E-state index is -4.47. The van der Waals surface area contributed by atoms with Crippen LogP contribution in [-0.4, -0.2) is 35.6 Å². The number of alkyl halides is 3. The summed E-state index contributed by atoms with van der Waals surface area (Å²) in [4.78, 5) is 34.8. The predicted molar refractivity (Wildman–Crippen MR) is 85.1 cm³/mol. The van der Waals surface area contributed by atoms with Crippen LogP contribution in [0.1, 0.15) is 31.4 Å². The highest BCUT2D eigenvalue weighted by atomic mass is 19.4. The van der Waals surface area contributed by atoms with Gasteiger partial charge in [0.25, 0.3) is 0 Å². The van der Waals surface area contributed by atoms with E-state index in [4.69, 9.17) is 4.74 Å². The average molecular weight is 375 g/mol. The van der Waals surface area contributed by atoms with Gasteiger partial charge >= 0.3 is 18.1 Å². The number of hydrogen-bond donors (Lipinski definition) is 2. The summed E-state index contributed by atoms with van der Waals surface area (Å²) >= 11 is 0. The third-order valence-electron chi connectivity index (χ3n) is 3.56. The van der Waals surface area contributed by atoms with Gasteiger partial charge in [0.15, 0.2) is 0 Å². The molecule has 0 aromatic heterocycles. The van der Waals surface area contributed by atoms with Crippen molar-refractivity contribution in [3.8, 4) is 0 Å².